The number of hydrogen-bond acceptors (Lipinski definition) is 4. The molecule has 116 valence electrons. The van der Waals surface area contributed by atoms with Gasteiger partial charge in [0.15, 0.2) is 6.61 Å². The molecule has 0 N–H and O–H groups in total. The lowest BCUT2D eigenvalue weighted by atomic mass is 10.3. The average molecular weight is 397 g/mol. The van der Waals surface area contributed by atoms with Gasteiger partial charge in [0.1, 0.15) is 5.75 Å². The van der Waals surface area contributed by atoms with Crippen LogP contribution in [0.4, 0.5) is 0 Å². The molecule has 1 aromatic carbocycles. The number of hydrogen-bond donors (Lipinski definition) is 0. The average Bonchev–Trinajstić information content (AvgIpc) is 3.21. The second-order valence-electron chi connectivity index (χ2n) is 4.73. The van der Waals surface area contributed by atoms with Crippen LogP contribution in [0.5, 0.6) is 5.75 Å². The number of benzene rings is 1. The zero-order valence-corrected chi connectivity index (χ0v) is 14.5. The number of likely N-dealkylation sites (N-methyl/N-ethyl adjacent to an activating group) is 1. The monoisotopic (exact) mass is 395 g/mol. The van der Waals surface area contributed by atoms with E-state index >= 15 is 0 Å². The van der Waals surface area contributed by atoms with Gasteiger partial charge in [-0.15, -0.1) is 0 Å². The fraction of sp³-hybridized carbons (Fsp3) is 0.462. The van der Waals surface area contributed by atoms with Gasteiger partial charge in [-0.3, -0.25) is 4.79 Å². The maximum Gasteiger partial charge on any atom is 0.261 e. The maximum atomic E-state index is 12.0. The summed E-state index contributed by atoms with van der Waals surface area (Å²) in [6.07, 6.45) is 2.09. The van der Waals surface area contributed by atoms with Crippen LogP contribution >= 0.6 is 26.6 Å². The van der Waals surface area contributed by atoms with Crippen LogP contribution in [0.1, 0.15) is 19.8 Å². The Bertz CT molecular complexity index is 646. The fourth-order valence-corrected chi connectivity index (χ4v) is 3.42. The van der Waals surface area contributed by atoms with E-state index in [1.54, 1.807) is 4.90 Å². The van der Waals surface area contributed by atoms with Crippen molar-refractivity contribution in [2.75, 3.05) is 13.2 Å². The second kappa shape index (κ2) is 6.54. The fourth-order valence-electron chi connectivity index (χ4n) is 2.00. The summed E-state index contributed by atoms with van der Waals surface area (Å²) in [5.74, 6) is 0.334. The summed E-state index contributed by atoms with van der Waals surface area (Å²) in [6, 6.07) is 4.50. The van der Waals surface area contributed by atoms with E-state index in [2.05, 4.69) is 15.9 Å². The van der Waals surface area contributed by atoms with E-state index in [1.165, 1.54) is 18.2 Å². The molecule has 1 amide bonds. The van der Waals surface area contributed by atoms with Crippen LogP contribution < -0.4 is 4.74 Å². The van der Waals surface area contributed by atoms with Gasteiger partial charge in [0.05, 0.1) is 9.37 Å². The zero-order chi connectivity index (χ0) is 15.6. The first-order valence-corrected chi connectivity index (χ1v) is 9.59. The lowest BCUT2D eigenvalue weighted by Crippen LogP contribution is -2.36. The summed E-state index contributed by atoms with van der Waals surface area (Å²) in [5, 5.41) is 0. The van der Waals surface area contributed by atoms with Crippen LogP contribution in [-0.2, 0) is 13.8 Å². The van der Waals surface area contributed by atoms with Crippen molar-refractivity contribution in [1.82, 2.24) is 4.90 Å². The first-order chi connectivity index (χ1) is 9.82. The summed E-state index contributed by atoms with van der Waals surface area (Å²) >= 11 is 3.21. The number of nitrogens with zero attached hydrogens (tertiary/aromatic N) is 1. The predicted molar refractivity (Wildman–Crippen MR) is 83.1 cm³/mol. The Morgan fingerprint density at radius 3 is 2.62 bits per heavy atom. The van der Waals surface area contributed by atoms with Gasteiger partial charge in [-0.25, -0.2) is 8.42 Å². The SMILES string of the molecule is CCN(C(=O)COc1ccc(S(=O)(=O)Cl)cc1Br)C1CC1. The summed E-state index contributed by atoms with van der Waals surface area (Å²) in [5.41, 5.74) is 0. The van der Waals surface area contributed by atoms with Gasteiger partial charge in [-0.05, 0) is 53.9 Å². The van der Waals surface area contributed by atoms with E-state index in [9.17, 15) is 13.2 Å². The molecule has 0 radical (unpaired) electrons. The number of amides is 1. The largest absolute Gasteiger partial charge is 0.483 e. The van der Waals surface area contributed by atoms with E-state index in [0.29, 0.717) is 22.8 Å². The molecule has 5 nitrogen and oxygen atoms in total. The van der Waals surface area contributed by atoms with Crippen molar-refractivity contribution >= 4 is 41.6 Å². The molecule has 0 saturated heterocycles. The first kappa shape index (κ1) is 16.6. The smallest absolute Gasteiger partial charge is 0.261 e. The Morgan fingerprint density at radius 1 is 1.48 bits per heavy atom. The van der Waals surface area contributed by atoms with Gasteiger partial charge in [0.2, 0.25) is 0 Å². The Kier molecular flexibility index (Phi) is 5.16. The Balaban J connectivity index is 2.01. The van der Waals surface area contributed by atoms with Gasteiger partial charge in [0, 0.05) is 23.3 Å². The highest BCUT2D eigenvalue weighted by Gasteiger charge is 2.31. The number of halogens is 2. The predicted octanol–water partition coefficient (Wildman–Crippen LogP) is 2.77. The van der Waals surface area contributed by atoms with E-state index < -0.39 is 9.05 Å². The highest BCUT2D eigenvalue weighted by atomic mass is 79.9. The standard InChI is InChI=1S/C13H15BrClNO4S/c1-2-16(9-3-4-9)13(17)8-20-12-6-5-10(7-11(12)14)21(15,18)19/h5-7,9H,2-4,8H2,1H3. The topological polar surface area (TPSA) is 63.7 Å². The second-order valence-corrected chi connectivity index (χ2v) is 8.15. The van der Waals surface area contributed by atoms with Crippen molar-refractivity contribution < 1.29 is 17.9 Å². The maximum absolute atomic E-state index is 12.0. The van der Waals surface area contributed by atoms with Gasteiger partial charge in [0.25, 0.3) is 15.0 Å². The first-order valence-electron chi connectivity index (χ1n) is 6.49. The van der Waals surface area contributed by atoms with Crippen molar-refractivity contribution in [1.29, 1.82) is 0 Å². The summed E-state index contributed by atoms with van der Waals surface area (Å²) in [4.78, 5) is 13.8. The molecule has 0 unspecified atom stereocenters. The van der Waals surface area contributed by atoms with Gasteiger partial charge < -0.3 is 9.64 Å². The molecule has 0 bridgehead atoms. The van der Waals surface area contributed by atoms with Crippen LogP contribution in [0.2, 0.25) is 0 Å². The summed E-state index contributed by atoms with van der Waals surface area (Å²) < 4.78 is 28.3. The van der Waals surface area contributed by atoms with Crippen LogP contribution in [-0.4, -0.2) is 38.4 Å². The molecule has 0 aromatic heterocycles. The van der Waals surface area contributed by atoms with E-state index in [1.807, 2.05) is 6.92 Å². The molecule has 21 heavy (non-hydrogen) atoms. The minimum Gasteiger partial charge on any atom is -0.483 e. The van der Waals surface area contributed by atoms with Crippen molar-refractivity contribution in [2.45, 2.75) is 30.7 Å². The van der Waals surface area contributed by atoms with Crippen molar-refractivity contribution in [3.63, 3.8) is 0 Å². The number of carbonyl (C=O) groups is 1. The minimum absolute atomic E-state index is 0.0251. The molecule has 8 heteroatoms. The number of ether oxygens (including phenoxy) is 1. The molecule has 1 aliphatic carbocycles. The van der Waals surface area contributed by atoms with Crippen LogP contribution in [0.15, 0.2) is 27.6 Å². The molecule has 1 aliphatic rings. The normalized spacial score (nSPS) is 14.8. The number of rotatable bonds is 6. The Labute approximate surface area is 136 Å². The summed E-state index contributed by atoms with van der Waals surface area (Å²) in [6.45, 7) is 2.53. The molecule has 0 aliphatic heterocycles. The third-order valence-electron chi connectivity index (χ3n) is 3.18. The lowest BCUT2D eigenvalue weighted by Gasteiger charge is -2.20. The zero-order valence-electron chi connectivity index (χ0n) is 11.4. The molecule has 1 aromatic rings. The van der Waals surface area contributed by atoms with E-state index in [-0.39, 0.29) is 17.4 Å². The van der Waals surface area contributed by atoms with Crippen molar-refractivity contribution in [2.24, 2.45) is 0 Å². The molecule has 1 fully saturated rings. The van der Waals surface area contributed by atoms with Crippen molar-refractivity contribution in [3.05, 3.63) is 22.7 Å². The Hall–Kier alpha value is -0.790. The highest BCUT2D eigenvalue weighted by molar-refractivity contribution is 9.10. The van der Waals surface area contributed by atoms with Crippen molar-refractivity contribution in [3.8, 4) is 5.75 Å². The molecule has 0 heterocycles. The lowest BCUT2D eigenvalue weighted by molar-refractivity contribution is -0.133. The molecule has 1 saturated carbocycles. The van der Waals surface area contributed by atoms with Gasteiger partial charge in [-0.1, -0.05) is 0 Å². The molecule has 0 spiro atoms. The number of carbonyl (C=O) groups excluding carboxylic acids is 1. The van der Waals surface area contributed by atoms with Gasteiger partial charge >= 0.3 is 0 Å². The third kappa shape index (κ3) is 4.34. The third-order valence-corrected chi connectivity index (χ3v) is 5.16. The molecule has 0 atom stereocenters. The quantitative estimate of drug-likeness (QED) is 0.694. The highest BCUT2D eigenvalue weighted by Crippen LogP contribution is 2.30. The van der Waals surface area contributed by atoms with E-state index in [4.69, 9.17) is 15.4 Å². The molecule has 2 rings (SSSR count). The van der Waals surface area contributed by atoms with Gasteiger partial charge in [-0.2, -0.15) is 0 Å². The minimum atomic E-state index is -3.78. The van der Waals surface area contributed by atoms with E-state index in [0.717, 1.165) is 12.8 Å². The van der Waals surface area contributed by atoms with Crippen LogP contribution in [0.25, 0.3) is 0 Å². The molecular weight excluding hydrogens is 382 g/mol. The van der Waals surface area contributed by atoms with Crippen LogP contribution in [0.3, 0.4) is 0 Å². The summed E-state index contributed by atoms with van der Waals surface area (Å²) in [7, 11) is 1.48. The van der Waals surface area contributed by atoms with Crippen LogP contribution in [0, 0.1) is 0 Å². The molecular formula is C13H15BrClNO4S. The Morgan fingerprint density at radius 2 is 2.14 bits per heavy atom.